The van der Waals surface area contributed by atoms with Crippen molar-refractivity contribution in [2.24, 2.45) is 4.99 Å². The topological polar surface area (TPSA) is 70.6 Å². The van der Waals surface area contributed by atoms with E-state index >= 15 is 0 Å². The van der Waals surface area contributed by atoms with Gasteiger partial charge in [0.25, 0.3) is 0 Å². The fourth-order valence-electron chi connectivity index (χ4n) is 1.94. The van der Waals surface area contributed by atoms with Crippen LogP contribution in [0.15, 0.2) is 23.2 Å². The van der Waals surface area contributed by atoms with Gasteiger partial charge in [-0.25, -0.2) is 0 Å². The summed E-state index contributed by atoms with van der Waals surface area (Å²) in [6.45, 7) is 5.92. The molecular weight excluding hydrogens is 334 g/mol. The van der Waals surface area contributed by atoms with Gasteiger partial charge in [0, 0.05) is 23.2 Å². The number of halogens is 1. The van der Waals surface area contributed by atoms with Crippen molar-refractivity contribution in [2.75, 3.05) is 5.32 Å². The third-order valence-corrected chi connectivity index (χ3v) is 5.03. The van der Waals surface area contributed by atoms with Crippen LogP contribution in [0.2, 0.25) is 5.02 Å². The number of aliphatic imine (C=N–C) groups is 1. The molecule has 1 aliphatic rings. The predicted octanol–water partition coefficient (Wildman–Crippen LogP) is 3.36. The normalized spacial score (nSPS) is 20.4. The van der Waals surface area contributed by atoms with E-state index in [4.69, 9.17) is 11.6 Å². The predicted molar refractivity (Wildman–Crippen MR) is 96.1 cm³/mol. The van der Waals surface area contributed by atoms with Gasteiger partial charge >= 0.3 is 0 Å². The summed E-state index contributed by atoms with van der Waals surface area (Å²) in [6.07, 6.45) is 1.00. The van der Waals surface area contributed by atoms with Crippen molar-refractivity contribution in [3.05, 3.63) is 28.8 Å². The molecule has 0 bridgehead atoms. The number of nitrogens with one attached hydrogen (secondary N) is 2. The summed E-state index contributed by atoms with van der Waals surface area (Å²) in [5.74, 6) is -0.392. The Balaban J connectivity index is 1.94. The average Bonchev–Trinajstić information content (AvgIpc) is 2.82. The molecule has 1 aromatic rings. The quantitative estimate of drug-likeness (QED) is 0.852. The van der Waals surface area contributed by atoms with E-state index in [1.54, 1.807) is 12.1 Å². The average molecular weight is 354 g/mol. The molecule has 1 heterocycles. The van der Waals surface area contributed by atoms with Crippen LogP contribution < -0.4 is 10.6 Å². The maximum atomic E-state index is 12.1. The van der Waals surface area contributed by atoms with E-state index in [0.717, 1.165) is 12.0 Å². The summed E-state index contributed by atoms with van der Waals surface area (Å²) >= 11 is 7.35. The molecule has 2 N–H and O–H groups in total. The van der Waals surface area contributed by atoms with Crippen LogP contribution in [-0.4, -0.2) is 28.3 Å². The lowest BCUT2D eigenvalue weighted by atomic mass is 10.2. The van der Waals surface area contributed by atoms with Crippen LogP contribution in [0.5, 0.6) is 0 Å². The molecule has 0 spiro atoms. The van der Waals surface area contributed by atoms with Gasteiger partial charge in [0.1, 0.15) is 5.25 Å². The molecule has 1 aromatic carbocycles. The number of aryl methyl sites for hydroxylation is 1. The van der Waals surface area contributed by atoms with Crippen LogP contribution in [-0.2, 0) is 9.59 Å². The molecule has 1 saturated heterocycles. The highest BCUT2D eigenvalue weighted by Gasteiger charge is 2.32. The zero-order valence-corrected chi connectivity index (χ0v) is 14.9. The smallest absolute Gasteiger partial charge is 0.240 e. The van der Waals surface area contributed by atoms with Gasteiger partial charge < -0.3 is 10.6 Å². The van der Waals surface area contributed by atoms with Crippen molar-refractivity contribution in [1.29, 1.82) is 0 Å². The number of hydrogen-bond donors (Lipinski definition) is 2. The minimum atomic E-state index is -0.446. The number of thioether (sulfide) groups is 1. The molecule has 7 heteroatoms. The third kappa shape index (κ3) is 4.97. The lowest BCUT2D eigenvalue weighted by Crippen LogP contribution is -2.28. The number of carbonyl (C=O) groups excluding carboxylic acids is 2. The first-order chi connectivity index (χ1) is 10.9. The Labute approximate surface area is 145 Å². The lowest BCUT2D eigenvalue weighted by Gasteiger charge is -2.08. The summed E-state index contributed by atoms with van der Waals surface area (Å²) in [4.78, 5) is 28.4. The van der Waals surface area contributed by atoms with E-state index in [1.165, 1.54) is 11.8 Å². The summed E-state index contributed by atoms with van der Waals surface area (Å²) in [5.41, 5.74) is 1.57. The van der Waals surface area contributed by atoms with Crippen LogP contribution in [0.1, 0.15) is 32.3 Å². The van der Waals surface area contributed by atoms with E-state index in [1.807, 2.05) is 26.8 Å². The molecule has 124 valence electrons. The van der Waals surface area contributed by atoms with E-state index in [2.05, 4.69) is 15.6 Å². The van der Waals surface area contributed by atoms with E-state index in [0.29, 0.717) is 15.9 Å². The number of hydrogen-bond acceptors (Lipinski definition) is 4. The van der Waals surface area contributed by atoms with Gasteiger partial charge in [0.05, 0.1) is 0 Å². The molecule has 0 radical (unpaired) electrons. The molecule has 2 unspecified atom stereocenters. The van der Waals surface area contributed by atoms with E-state index in [9.17, 15) is 9.59 Å². The maximum Gasteiger partial charge on any atom is 0.240 e. The Morgan fingerprint density at radius 3 is 2.91 bits per heavy atom. The molecule has 0 saturated carbocycles. The first-order valence-electron chi connectivity index (χ1n) is 7.50. The van der Waals surface area contributed by atoms with Crippen LogP contribution in [0.4, 0.5) is 5.69 Å². The molecule has 1 fully saturated rings. The van der Waals surface area contributed by atoms with Gasteiger partial charge in [0.15, 0.2) is 5.17 Å². The molecule has 23 heavy (non-hydrogen) atoms. The van der Waals surface area contributed by atoms with Crippen molar-refractivity contribution in [3.63, 3.8) is 0 Å². The lowest BCUT2D eigenvalue weighted by molar-refractivity contribution is -0.122. The second kappa shape index (κ2) is 7.84. The summed E-state index contributed by atoms with van der Waals surface area (Å²) in [6, 6.07) is 5.48. The zero-order valence-electron chi connectivity index (χ0n) is 13.4. The van der Waals surface area contributed by atoms with Gasteiger partial charge in [-0.05, 0) is 38.0 Å². The zero-order chi connectivity index (χ0) is 17.0. The number of benzene rings is 1. The number of amidine groups is 1. The standard InChI is InChI=1S/C16H20ClN3O2S/c1-4-10(3)18-16-20-15(22)13(23-16)8-14(21)19-11-6-5-9(2)12(17)7-11/h5-7,10,13H,4,8H2,1-3H3,(H,19,21)(H,18,20,22). The molecular formula is C16H20ClN3O2S. The summed E-state index contributed by atoms with van der Waals surface area (Å²) in [5, 5.41) is 6.24. The van der Waals surface area contributed by atoms with Gasteiger partial charge in [-0.1, -0.05) is 36.4 Å². The van der Waals surface area contributed by atoms with Crippen LogP contribution in [0.25, 0.3) is 0 Å². The number of nitrogens with zero attached hydrogens (tertiary/aromatic N) is 1. The van der Waals surface area contributed by atoms with E-state index in [-0.39, 0.29) is 24.3 Å². The highest BCUT2D eigenvalue weighted by Crippen LogP contribution is 2.24. The van der Waals surface area contributed by atoms with Gasteiger partial charge in [0.2, 0.25) is 11.8 Å². The fourth-order valence-corrected chi connectivity index (χ4v) is 3.19. The molecule has 2 amide bonds. The van der Waals surface area contributed by atoms with Crippen molar-refractivity contribution in [2.45, 2.75) is 44.9 Å². The first kappa shape index (κ1) is 17.8. The second-order valence-corrected chi connectivity index (χ2v) is 7.10. The Morgan fingerprint density at radius 2 is 2.26 bits per heavy atom. The van der Waals surface area contributed by atoms with Gasteiger partial charge in [-0.3, -0.25) is 14.6 Å². The Morgan fingerprint density at radius 1 is 1.52 bits per heavy atom. The number of anilines is 1. The van der Waals surface area contributed by atoms with Crippen LogP contribution in [0.3, 0.4) is 0 Å². The van der Waals surface area contributed by atoms with Crippen molar-refractivity contribution >= 4 is 46.0 Å². The van der Waals surface area contributed by atoms with Crippen LogP contribution in [0, 0.1) is 6.92 Å². The Hall–Kier alpha value is -1.53. The molecule has 0 aromatic heterocycles. The highest BCUT2D eigenvalue weighted by atomic mass is 35.5. The van der Waals surface area contributed by atoms with Crippen molar-refractivity contribution < 1.29 is 9.59 Å². The molecule has 2 atom stereocenters. The first-order valence-corrected chi connectivity index (χ1v) is 8.76. The molecule has 0 aliphatic carbocycles. The summed E-state index contributed by atoms with van der Waals surface area (Å²) < 4.78 is 0. The van der Waals surface area contributed by atoms with Gasteiger partial charge in [-0.15, -0.1) is 0 Å². The fraction of sp³-hybridized carbons (Fsp3) is 0.438. The third-order valence-electron chi connectivity index (χ3n) is 3.53. The SMILES string of the molecule is CCC(C)N=C1NC(=O)C(CC(=O)Nc2ccc(C)c(Cl)c2)S1. The van der Waals surface area contributed by atoms with E-state index < -0.39 is 5.25 Å². The minimum absolute atomic E-state index is 0.0987. The monoisotopic (exact) mass is 353 g/mol. The van der Waals surface area contributed by atoms with Crippen LogP contribution >= 0.6 is 23.4 Å². The maximum absolute atomic E-state index is 12.1. The largest absolute Gasteiger partial charge is 0.326 e. The second-order valence-electron chi connectivity index (χ2n) is 5.50. The Kier molecular flexibility index (Phi) is 6.07. The van der Waals surface area contributed by atoms with Gasteiger partial charge in [-0.2, -0.15) is 0 Å². The van der Waals surface area contributed by atoms with Crippen molar-refractivity contribution in [3.8, 4) is 0 Å². The number of rotatable bonds is 5. The molecule has 2 rings (SSSR count). The van der Waals surface area contributed by atoms with Crippen molar-refractivity contribution in [1.82, 2.24) is 5.32 Å². The molecule has 1 aliphatic heterocycles. The number of carbonyl (C=O) groups is 2. The number of amides is 2. The Bertz CT molecular complexity index is 648. The highest BCUT2D eigenvalue weighted by molar-refractivity contribution is 8.15. The molecule has 5 nitrogen and oxygen atoms in total. The summed E-state index contributed by atoms with van der Waals surface area (Å²) in [7, 11) is 0. The minimum Gasteiger partial charge on any atom is -0.326 e.